The number of rotatable bonds is 4. The molecule has 0 radical (unpaired) electrons. The van der Waals surface area contributed by atoms with E-state index >= 15 is 0 Å². The monoisotopic (exact) mass is 401 g/mol. The number of carbonyl (C=O) groups is 3. The van der Waals surface area contributed by atoms with Crippen molar-refractivity contribution in [1.29, 1.82) is 0 Å². The van der Waals surface area contributed by atoms with Crippen molar-refractivity contribution in [3.8, 4) is 0 Å². The summed E-state index contributed by atoms with van der Waals surface area (Å²) in [4.78, 5) is 39.6. The molecule has 2 heterocycles. The molecule has 0 bridgehead atoms. The smallest absolute Gasteiger partial charge is 0.322 e. The lowest BCUT2D eigenvalue weighted by Gasteiger charge is -2.41. The number of urea groups is 1. The van der Waals surface area contributed by atoms with E-state index in [4.69, 9.17) is 0 Å². The van der Waals surface area contributed by atoms with E-state index in [1.54, 1.807) is 6.92 Å². The highest BCUT2D eigenvalue weighted by atomic mass is 32.2. The number of nitrogens with zero attached hydrogens (tertiary/aromatic N) is 1. The van der Waals surface area contributed by atoms with Crippen LogP contribution in [0.1, 0.15) is 49.4 Å². The summed E-state index contributed by atoms with van der Waals surface area (Å²) in [5, 5.41) is 4.96. The number of piperidine rings is 1. The first-order valence-corrected chi connectivity index (χ1v) is 11.1. The maximum atomic E-state index is 13.3. The third kappa shape index (κ3) is 3.77. The average molecular weight is 402 g/mol. The lowest BCUT2D eigenvalue weighted by molar-refractivity contribution is -0.122. The lowest BCUT2D eigenvalue weighted by Crippen LogP contribution is -2.46. The number of amides is 4. The van der Waals surface area contributed by atoms with Crippen molar-refractivity contribution in [2.75, 3.05) is 18.8 Å². The van der Waals surface area contributed by atoms with Crippen molar-refractivity contribution in [1.82, 2.24) is 15.5 Å². The SMILES string of the molecule is C[C@]1(CSc2ccccc2C(=O)N2CC[C@H]3CCCC[C@H]3C2)NC(=O)NC1=O. The van der Waals surface area contributed by atoms with Gasteiger partial charge in [-0.05, 0) is 43.7 Å². The molecule has 0 unspecified atom stereocenters. The summed E-state index contributed by atoms with van der Waals surface area (Å²) < 4.78 is 0. The van der Waals surface area contributed by atoms with E-state index in [-0.39, 0.29) is 11.8 Å². The topological polar surface area (TPSA) is 78.5 Å². The molecule has 4 amide bonds. The first-order valence-electron chi connectivity index (χ1n) is 10.1. The number of imide groups is 1. The van der Waals surface area contributed by atoms with Crippen molar-refractivity contribution in [3.63, 3.8) is 0 Å². The van der Waals surface area contributed by atoms with Crippen LogP contribution in [-0.4, -0.2) is 47.1 Å². The predicted octanol–water partition coefficient (Wildman–Crippen LogP) is 3.03. The molecule has 150 valence electrons. The van der Waals surface area contributed by atoms with Crippen LogP contribution in [0, 0.1) is 11.8 Å². The zero-order valence-electron chi connectivity index (χ0n) is 16.2. The minimum Gasteiger partial charge on any atom is -0.338 e. The highest BCUT2D eigenvalue weighted by Crippen LogP contribution is 2.37. The van der Waals surface area contributed by atoms with Gasteiger partial charge in [-0.1, -0.05) is 31.4 Å². The van der Waals surface area contributed by atoms with Crippen molar-refractivity contribution < 1.29 is 14.4 Å². The van der Waals surface area contributed by atoms with Gasteiger partial charge < -0.3 is 10.2 Å². The van der Waals surface area contributed by atoms with Gasteiger partial charge in [-0.3, -0.25) is 14.9 Å². The second-order valence-corrected chi connectivity index (χ2v) is 9.39. The molecule has 1 aromatic carbocycles. The van der Waals surface area contributed by atoms with Crippen molar-refractivity contribution >= 4 is 29.6 Å². The standard InChI is InChI=1S/C21H27N3O3S/c1-21(19(26)22-20(27)23-21)13-28-17-9-5-4-8-16(17)18(25)24-11-10-14-6-2-3-7-15(14)12-24/h4-5,8-9,14-15H,2-3,6-7,10-13H2,1H3,(H2,22,23,26,27)/t14-,15+,21-/m1/s1. The van der Waals surface area contributed by atoms with Crippen LogP contribution >= 0.6 is 11.8 Å². The van der Waals surface area contributed by atoms with E-state index < -0.39 is 11.6 Å². The highest BCUT2D eigenvalue weighted by Gasteiger charge is 2.42. The van der Waals surface area contributed by atoms with Gasteiger partial charge in [0.05, 0.1) is 5.56 Å². The predicted molar refractivity (Wildman–Crippen MR) is 108 cm³/mol. The summed E-state index contributed by atoms with van der Waals surface area (Å²) in [5.74, 6) is 1.55. The number of thioether (sulfide) groups is 1. The summed E-state index contributed by atoms with van der Waals surface area (Å²) in [6, 6.07) is 7.11. The fourth-order valence-corrected chi connectivity index (χ4v) is 5.76. The molecule has 4 rings (SSSR count). The van der Waals surface area contributed by atoms with Crippen molar-refractivity contribution in [2.24, 2.45) is 11.8 Å². The van der Waals surface area contributed by atoms with E-state index in [9.17, 15) is 14.4 Å². The van der Waals surface area contributed by atoms with Gasteiger partial charge in [-0.25, -0.2) is 4.79 Å². The lowest BCUT2D eigenvalue weighted by atomic mass is 9.75. The fourth-order valence-electron chi connectivity index (χ4n) is 4.63. The Bertz CT molecular complexity index is 799. The number of benzene rings is 1. The Morgan fingerprint density at radius 2 is 1.93 bits per heavy atom. The fraction of sp³-hybridized carbons (Fsp3) is 0.571. The van der Waals surface area contributed by atoms with Gasteiger partial charge in [0.2, 0.25) is 0 Å². The summed E-state index contributed by atoms with van der Waals surface area (Å²) in [5.41, 5.74) is -0.270. The van der Waals surface area contributed by atoms with Crippen LogP contribution in [0.25, 0.3) is 0 Å². The molecule has 3 atom stereocenters. The summed E-state index contributed by atoms with van der Waals surface area (Å²) in [7, 11) is 0. The summed E-state index contributed by atoms with van der Waals surface area (Å²) in [6.45, 7) is 3.40. The normalized spacial score (nSPS) is 29.8. The molecule has 0 aromatic heterocycles. The average Bonchev–Trinajstić information content (AvgIpc) is 2.97. The minimum atomic E-state index is -0.960. The zero-order chi connectivity index (χ0) is 19.7. The van der Waals surface area contributed by atoms with Crippen LogP contribution < -0.4 is 10.6 Å². The second kappa shape index (κ2) is 7.78. The van der Waals surface area contributed by atoms with Crippen LogP contribution in [0.2, 0.25) is 0 Å². The van der Waals surface area contributed by atoms with E-state index in [1.165, 1.54) is 37.4 Å². The first kappa shape index (κ1) is 19.3. The molecule has 28 heavy (non-hydrogen) atoms. The molecule has 1 aromatic rings. The molecule has 0 spiro atoms. The Morgan fingerprint density at radius 1 is 1.18 bits per heavy atom. The molecule has 3 fully saturated rings. The van der Waals surface area contributed by atoms with E-state index in [2.05, 4.69) is 10.6 Å². The van der Waals surface area contributed by atoms with E-state index in [1.807, 2.05) is 29.2 Å². The summed E-state index contributed by atoms with van der Waals surface area (Å²) in [6.07, 6.45) is 6.26. The van der Waals surface area contributed by atoms with Gasteiger partial charge in [0.25, 0.3) is 11.8 Å². The van der Waals surface area contributed by atoms with Crippen LogP contribution in [-0.2, 0) is 4.79 Å². The molecule has 3 aliphatic rings. The molecule has 1 aliphatic carbocycles. The van der Waals surface area contributed by atoms with E-state index in [0.29, 0.717) is 17.2 Å². The number of carbonyl (C=O) groups excluding carboxylic acids is 3. The number of hydrogen-bond acceptors (Lipinski definition) is 4. The van der Waals surface area contributed by atoms with Crippen LogP contribution in [0.3, 0.4) is 0 Å². The molecule has 2 N–H and O–H groups in total. The van der Waals surface area contributed by atoms with E-state index in [0.717, 1.165) is 30.3 Å². The molecule has 2 saturated heterocycles. The van der Waals surface area contributed by atoms with Gasteiger partial charge in [-0.2, -0.15) is 0 Å². The quantitative estimate of drug-likeness (QED) is 0.600. The van der Waals surface area contributed by atoms with Crippen molar-refractivity contribution in [3.05, 3.63) is 29.8 Å². The number of hydrogen-bond donors (Lipinski definition) is 2. The van der Waals surface area contributed by atoms with Gasteiger partial charge in [0, 0.05) is 23.7 Å². The molecule has 6 nitrogen and oxygen atoms in total. The highest BCUT2D eigenvalue weighted by molar-refractivity contribution is 7.99. The molecule has 2 aliphatic heterocycles. The number of nitrogens with one attached hydrogen (secondary N) is 2. The third-order valence-electron chi connectivity index (χ3n) is 6.33. The number of fused-ring (bicyclic) bond motifs is 1. The van der Waals surface area contributed by atoms with Gasteiger partial charge in [0.1, 0.15) is 5.54 Å². The van der Waals surface area contributed by atoms with Gasteiger partial charge >= 0.3 is 6.03 Å². The molecular formula is C21H27N3O3S. The zero-order valence-corrected chi connectivity index (χ0v) is 17.0. The van der Waals surface area contributed by atoms with Crippen LogP contribution in [0.4, 0.5) is 4.79 Å². The Labute approximate surface area is 169 Å². The summed E-state index contributed by atoms with van der Waals surface area (Å²) >= 11 is 1.44. The van der Waals surface area contributed by atoms with Crippen LogP contribution in [0.5, 0.6) is 0 Å². The Kier molecular flexibility index (Phi) is 5.36. The second-order valence-electron chi connectivity index (χ2n) is 8.37. The number of likely N-dealkylation sites (tertiary alicyclic amines) is 1. The molecular weight excluding hydrogens is 374 g/mol. The third-order valence-corrected chi connectivity index (χ3v) is 7.72. The molecule has 7 heteroatoms. The molecule has 1 saturated carbocycles. The van der Waals surface area contributed by atoms with Gasteiger partial charge in [-0.15, -0.1) is 11.8 Å². The Morgan fingerprint density at radius 3 is 2.68 bits per heavy atom. The minimum absolute atomic E-state index is 0.0807. The Hall–Kier alpha value is -2.02. The maximum absolute atomic E-state index is 13.3. The first-order chi connectivity index (χ1) is 13.5. The van der Waals surface area contributed by atoms with Gasteiger partial charge in [0.15, 0.2) is 0 Å². The maximum Gasteiger partial charge on any atom is 0.322 e. The van der Waals surface area contributed by atoms with Crippen LogP contribution in [0.15, 0.2) is 29.2 Å². The Balaban J connectivity index is 1.46. The van der Waals surface area contributed by atoms with Crippen molar-refractivity contribution in [2.45, 2.75) is 49.5 Å². The largest absolute Gasteiger partial charge is 0.338 e.